The minimum Gasteiger partial charge on any atom is -0.478 e. The number of rotatable bonds is 5. The second-order valence-electron chi connectivity index (χ2n) is 4.64. The van der Waals surface area contributed by atoms with Gasteiger partial charge in [-0.05, 0) is 36.6 Å². The molecule has 0 radical (unpaired) electrons. The van der Waals surface area contributed by atoms with Crippen LogP contribution in [-0.4, -0.2) is 36.2 Å². The third-order valence-corrected chi connectivity index (χ3v) is 3.11. The fraction of sp³-hybridized carbons (Fsp3) is 0.333. The second kappa shape index (κ2) is 6.86. The number of carboxylic acid groups (broad SMARTS) is 1. The molecule has 1 aliphatic rings. The zero-order valence-corrected chi connectivity index (χ0v) is 11.0. The summed E-state index contributed by atoms with van der Waals surface area (Å²) in [5.41, 5.74) is 1.29. The van der Waals surface area contributed by atoms with E-state index in [1.54, 1.807) is 24.3 Å². The Morgan fingerprint density at radius 1 is 1.35 bits per heavy atom. The molecule has 0 aromatic heterocycles. The first-order chi connectivity index (χ1) is 9.65. The van der Waals surface area contributed by atoms with E-state index in [9.17, 15) is 9.59 Å². The molecule has 106 valence electrons. The van der Waals surface area contributed by atoms with Gasteiger partial charge in [0.2, 0.25) is 0 Å². The number of carbonyl (C=O) groups is 2. The van der Waals surface area contributed by atoms with Crippen LogP contribution >= 0.6 is 0 Å². The number of hydrogen-bond acceptors (Lipinski definition) is 3. The van der Waals surface area contributed by atoms with E-state index in [4.69, 9.17) is 9.84 Å². The summed E-state index contributed by atoms with van der Waals surface area (Å²) in [6.07, 6.45) is 4.70. The van der Waals surface area contributed by atoms with Gasteiger partial charge in [-0.25, -0.2) is 4.79 Å². The van der Waals surface area contributed by atoms with E-state index in [0.717, 1.165) is 31.1 Å². The molecule has 0 saturated carbocycles. The standard InChI is InChI=1S/C15H17NO4/c17-14(18)8-5-11-3-6-12(7-4-11)15(19)16-10-13-2-1-9-20-13/h3-8,13H,1-2,9-10H2,(H,16,19)(H,17,18). The van der Waals surface area contributed by atoms with Gasteiger partial charge in [-0.3, -0.25) is 4.79 Å². The molecule has 1 fully saturated rings. The monoisotopic (exact) mass is 275 g/mol. The van der Waals surface area contributed by atoms with Gasteiger partial charge in [-0.15, -0.1) is 0 Å². The maximum absolute atomic E-state index is 11.9. The van der Waals surface area contributed by atoms with Crippen molar-refractivity contribution in [3.05, 3.63) is 41.5 Å². The molecular formula is C15H17NO4. The second-order valence-corrected chi connectivity index (χ2v) is 4.64. The summed E-state index contributed by atoms with van der Waals surface area (Å²) in [6, 6.07) is 6.76. The van der Waals surface area contributed by atoms with Gasteiger partial charge < -0.3 is 15.2 Å². The van der Waals surface area contributed by atoms with Crippen molar-refractivity contribution >= 4 is 18.0 Å². The number of nitrogens with one attached hydrogen (secondary N) is 1. The Labute approximate surface area is 117 Å². The molecule has 1 unspecified atom stereocenters. The van der Waals surface area contributed by atoms with Crippen LogP contribution in [0.15, 0.2) is 30.3 Å². The number of amides is 1. The highest BCUT2D eigenvalue weighted by molar-refractivity contribution is 5.94. The van der Waals surface area contributed by atoms with Crippen molar-refractivity contribution in [3.63, 3.8) is 0 Å². The maximum atomic E-state index is 11.9. The summed E-state index contributed by atoms with van der Waals surface area (Å²) < 4.78 is 5.43. The van der Waals surface area contributed by atoms with Crippen LogP contribution in [-0.2, 0) is 9.53 Å². The number of carbonyl (C=O) groups excluding carboxylic acids is 1. The normalized spacial score (nSPS) is 18.3. The third kappa shape index (κ3) is 4.20. The first kappa shape index (κ1) is 14.3. The molecule has 1 aromatic carbocycles. The molecule has 1 aromatic rings. The molecule has 0 spiro atoms. The molecule has 1 aliphatic heterocycles. The predicted molar refractivity (Wildman–Crippen MR) is 74.4 cm³/mol. The average Bonchev–Trinajstić information content (AvgIpc) is 2.96. The quantitative estimate of drug-likeness (QED) is 0.802. The van der Waals surface area contributed by atoms with Crippen LogP contribution < -0.4 is 5.32 Å². The van der Waals surface area contributed by atoms with Crippen molar-refractivity contribution in [2.75, 3.05) is 13.2 Å². The van der Waals surface area contributed by atoms with Crippen molar-refractivity contribution < 1.29 is 19.4 Å². The van der Waals surface area contributed by atoms with E-state index >= 15 is 0 Å². The lowest BCUT2D eigenvalue weighted by atomic mass is 10.1. The summed E-state index contributed by atoms with van der Waals surface area (Å²) in [5, 5.41) is 11.4. The molecule has 1 saturated heterocycles. The molecule has 0 aliphatic carbocycles. The SMILES string of the molecule is O=C(O)C=Cc1ccc(C(=O)NCC2CCCO2)cc1. The van der Waals surface area contributed by atoms with Gasteiger partial charge in [0.15, 0.2) is 0 Å². The number of ether oxygens (including phenoxy) is 1. The maximum Gasteiger partial charge on any atom is 0.328 e. The largest absolute Gasteiger partial charge is 0.478 e. The van der Waals surface area contributed by atoms with Gasteiger partial charge in [0.1, 0.15) is 0 Å². The Morgan fingerprint density at radius 2 is 2.10 bits per heavy atom. The molecule has 2 N–H and O–H groups in total. The number of aliphatic carboxylic acids is 1. The highest BCUT2D eigenvalue weighted by Crippen LogP contribution is 2.11. The average molecular weight is 275 g/mol. The van der Waals surface area contributed by atoms with Crippen LogP contribution in [0.3, 0.4) is 0 Å². The summed E-state index contributed by atoms with van der Waals surface area (Å²) >= 11 is 0. The van der Waals surface area contributed by atoms with Crippen LogP contribution in [0.5, 0.6) is 0 Å². The summed E-state index contributed by atoms with van der Waals surface area (Å²) in [6.45, 7) is 1.30. The summed E-state index contributed by atoms with van der Waals surface area (Å²) in [7, 11) is 0. The van der Waals surface area contributed by atoms with Crippen molar-refractivity contribution in [1.82, 2.24) is 5.32 Å². The van der Waals surface area contributed by atoms with Crippen LogP contribution in [0.4, 0.5) is 0 Å². The van der Waals surface area contributed by atoms with E-state index in [1.165, 1.54) is 6.08 Å². The molecule has 5 heteroatoms. The topological polar surface area (TPSA) is 75.6 Å². The lowest BCUT2D eigenvalue weighted by Gasteiger charge is -2.10. The van der Waals surface area contributed by atoms with Crippen molar-refractivity contribution in [1.29, 1.82) is 0 Å². The summed E-state index contributed by atoms with van der Waals surface area (Å²) in [5.74, 6) is -1.14. The van der Waals surface area contributed by atoms with E-state index in [2.05, 4.69) is 5.32 Å². The molecular weight excluding hydrogens is 258 g/mol. The zero-order valence-electron chi connectivity index (χ0n) is 11.0. The molecule has 20 heavy (non-hydrogen) atoms. The fourth-order valence-electron chi connectivity index (χ4n) is 2.03. The van der Waals surface area contributed by atoms with Gasteiger partial charge in [0.25, 0.3) is 5.91 Å². The summed E-state index contributed by atoms with van der Waals surface area (Å²) in [4.78, 5) is 22.3. The van der Waals surface area contributed by atoms with E-state index in [-0.39, 0.29) is 12.0 Å². The third-order valence-electron chi connectivity index (χ3n) is 3.11. The Bertz CT molecular complexity index is 501. The zero-order chi connectivity index (χ0) is 14.4. The Morgan fingerprint density at radius 3 is 2.70 bits per heavy atom. The van der Waals surface area contributed by atoms with Gasteiger partial charge in [-0.2, -0.15) is 0 Å². The van der Waals surface area contributed by atoms with Gasteiger partial charge in [0, 0.05) is 24.8 Å². The minimum atomic E-state index is -0.997. The highest BCUT2D eigenvalue weighted by Gasteiger charge is 2.16. The Balaban J connectivity index is 1.88. The van der Waals surface area contributed by atoms with Crippen LogP contribution in [0, 0.1) is 0 Å². The highest BCUT2D eigenvalue weighted by atomic mass is 16.5. The van der Waals surface area contributed by atoms with Gasteiger partial charge in [-0.1, -0.05) is 12.1 Å². The predicted octanol–water partition coefficient (Wildman–Crippen LogP) is 1.69. The molecule has 5 nitrogen and oxygen atoms in total. The van der Waals surface area contributed by atoms with Gasteiger partial charge >= 0.3 is 5.97 Å². The smallest absolute Gasteiger partial charge is 0.328 e. The van der Waals surface area contributed by atoms with Gasteiger partial charge in [0.05, 0.1) is 6.10 Å². The number of benzene rings is 1. The van der Waals surface area contributed by atoms with Crippen LogP contribution in [0.2, 0.25) is 0 Å². The molecule has 1 heterocycles. The first-order valence-electron chi connectivity index (χ1n) is 6.56. The van der Waals surface area contributed by atoms with Crippen LogP contribution in [0.25, 0.3) is 6.08 Å². The number of carboxylic acids is 1. The van der Waals surface area contributed by atoms with Crippen molar-refractivity contribution in [2.24, 2.45) is 0 Å². The lowest BCUT2D eigenvalue weighted by Crippen LogP contribution is -2.31. The number of hydrogen-bond donors (Lipinski definition) is 2. The lowest BCUT2D eigenvalue weighted by molar-refractivity contribution is -0.131. The van der Waals surface area contributed by atoms with E-state index in [1.807, 2.05) is 0 Å². The molecule has 1 atom stereocenters. The molecule has 0 bridgehead atoms. The minimum absolute atomic E-state index is 0.122. The van der Waals surface area contributed by atoms with Crippen molar-refractivity contribution in [2.45, 2.75) is 18.9 Å². The Hall–Kier alpha value is -2.14. The fourth-order valence-corrected chi connectivity index (χ4v) is 2.03. The molecule has 1 amide bonds. The first-order valence-corrected chi connectivity index (χ1v) is 6.56. The Kier molecular flexibility index (Phi) is 4.90. The van der Waals surface area contributed by atoms with E-state index in [0.29, 0.717) is 12.1 Å². The molecule has 2 rings (SSSR count). The van der Waals surface area contributed by atoms with E-state index < -0.39 is 5.97 Å². The van der Waals surface area contributed by atoms with Crippen molar-refractivity contribution in [3.8, 4) is 0 Å². The van der Waals surface area contributed by atoms with Crippen LogP contribution in [0.1, 0.15) is 28.8 Å².